The minimum Gasteiger partial charge on any atom is -0.396 e. The van der Waals surface area contributed by atoms with Gasteiger partial charge in [-0.25, -0.2) is 0 Å². The molecule has 0 aromatic heterocycles. The summed E-state index contributed by atoms with van der Waals surface area (Å²) >= 11 is 0. The van der Waals surface area contributed by atoms with Gasteiger partial charge in [-0.15, -0.1) is 0 Å². The lowest BCUT2D eigenvalue weighted by Gasteiger charge is -2.20. The molecule has 0 aliphatic heterocycles. The van der Waals surface area contributed by atoms with Crippen LogP contribution in [0.2, 0.25) is 0 Å². The lowest BCUT2D eigenvalue weighted by Crippen LogP contribution is -2.38. The van der Waals surface area contributed by atoms with Gasteiger partial charge < -0.3 is 10.0 Å². The maximum atomic E-state index is 11.7. The second-order valence-electron chi connectivity index (χ2n) is 4.18. The molecule has 0 atom stereocenters. The Morgan fingerprint density at radius 1 is 1.26 bits per heavy atom. The first-order valence-electron chi connectivity index (χ1n) is 6.18. The van der Waals surface area contributed by atoms with Crippen LogP contribution in [0, 0.1) is 10.1 Å². The van der Waals surface area contributed by atoms with Crippen molar-refractivity contribution in [2.45, 2.75) is 12.8 Å². The molecule has 0 saturated heterocycles. The van der Waals surface area contributed by atoms with Crippen molar-refractivity contribution in [1.82, 2.24) is 4.90 Å². The number of carbonyl (C=O) groups excluding carboxylic acids is 1. The normalized spacial score (nSPS) is 10.2. The van der Waals surface area contributed by atoms with E-state index in [0.29, 0.717) is 25.9 Å². The SMILES string of the molecule is O=C(C[N+](=O)[O-])N(CCCO)CCc1ccccc1. The van der Waals surface area contributed by atoms with Crippen molar-refractivity contribution < 1.29 is 14.8 Å². The van der Waals surface area contributed by atoms with Crippen LogP contribution in [-0.2, 0) is 11.2 Å². The van der Waals surface area contributed by atoms with Gasteiger partial charge in [-0.2, -0.15) is 0 Å². The maximum absolute atomic E-state index is 11.7. The topological polar surface area (TPSA) is 83.7 Å². The van der Waals surface area contributed by atoms with Gasteiger partial charge in [-0.05, 0) is 18.4 Å². The molecule has 0 spiro atoms. The van der Waals surface area contributed by atoms with E-state index >= 15 is 0 Å². The Hall–Kier alpha value is -1.95. The van der Waals surface area contributed by atoms with E-state index < -0.39 is 17.4 Å². The van der Waals surface area contributed by atoms with Crippen LogP contribution in [0.4, 0.5) is 0 Å². The van der Waals surface area contributed by atoms with Gasteiger partial charge in [0, 0.05) is 24.6 Å². The van der Waals surface area contributed by atoms with Crippen LogP contribution in [0.1, 0.15) is 12.0 Å². The highest BCUT2D eigenvalue weighted by molar-refractivity contribution is 5.77. The van der Waals surface area contributed by atoms with Crippen LogP contribution in [0.15, 0.2) is 30.3 Å². The smallest absolute Gasteiger partial charge is 0.294 e. The van der Waals surface area contributed by atoms with E-state index in [9.17, 15) is 14.9 Å². The fourth-order valence-corrected chi connectivity index (χ4v) is 1.74. The van der Waals surface area contributed by atoms with E-state index in [1.165, 1.54) is 4.90 Å². The van der Waals surface area contributed by atoms with Crippen LogP contribution >= 0.6 is 0 Å². The number of amides is 1. The fraction of sp³-hybridized carbons (Fsp3) is 0.462. The quantitative estimate of drug-likeness (QED) is 0.555. The number of nitro groups is 1. The molecule has 1 rings (SSSR count). The second kappa shape index (κ2) is 8.20. The third kappa shape index (κ3) is 5.96. The van der Waals surface area contributed by atoms with Crippen molar-refractivity contribution >= 4 is 5.91 Å². The molecule has 0 fully saturated rings. The summed E-state index contributed by atoms with van der Waals surface area (Å²) in [7, 11) is 0. The van der Waals surface area contributed by atoms with Crippen molar-refractivity contribution in [3.05, 3.63) is 46.0 Å². The molecule has 0 heterocycles. The summed E-state index contributed by atoms with van der Waals surface area (Å²) in [6.45, 7) is 0.0422. The summed E-state index contributed by atoms with van der Waals surface area (Å²) in [4.78, 5) is 22.9. The van der Waals surface area contributed by atoms with Crippen molar-refractivity contribution in [2.75, 3.05) is 26.2 Å². The molecule has 0 aliphatic carbocycles. The lowest BCUT2D eigenvalue weighted by atomic mass is 10.1. The summed E-state index contributed by atoms with van der Waals surface area (Å²) in [6, 6.07) is 9.62. The monoisotopic (exact) mass is 266 g/mol. The summed E-state index contributed by atoms with van der Waals surface area (Å²) in [5.74, 6) is -0.505. The highest BCUT2D eigenvalue weighted by atomic mass is 16.6. The van der Waals surface area contributed by atoms with Gasteiger partial charge in [0.1, 0.15) is 0 Å². The zero-order chi connectivity index (χ0) is 14.1. The van der Waals surface area contributed by atoms with Gasteiger partial charge >= 0.3 is 0 Å². The summed E-state index contributed by atoms with van der Waals surface area (Å²) in [5, 5.41) is 19.2. The molecule has 0 aliphatic rings. The number of rotatable bonds is 8. The highest BCUT2D eigenvalue weighted by Gasteiger charge is 2.18. The molecule has 0 unspecified atom stereocenters. The average molecular weight is 266 g/mol. The number of aliphatic hydroxyl groups is 1. The third-order valence-electron chi connectivity index (χ3n) is 2.72. The zero-order valence-corrected chi connectivity index (χ0v) is 10.7. The summed E-state index contributed by atoms with van der Waals surface area (Å²) < 4.78 is 0. The lowest BCUT2D eigenvalue weighted by molar-refractivity contribution is -0.468. The molecule has 6 heteroatoms. The van der Waals surface area contributed by atoms with Gasteiger partial charge in [0.15, 0.2) is 0 Å². The van der Waals surface area contributed by atoms with Gasteiger partial charge in [0.05, 0.1) is 0 Å². The standard InChI is InChI=1S/C13H18N2O4/c16-10-4-8-14(13(17)11-15(18)19)9-7-12-5-2-1-3-6-12/h1-3,5-6,16H,4,7-11H2. The van der Waals surface area contributed by atoms with Gasteiger partial charge in [-0.3, -0.25) is 14.9 Å². The molecular formula is C13H18N2O4. The maximum Gasteiger partial charge on any atom is 0.294 e. The molecule has 0 radical (unpaired) electrons. The molecule has 1 amide bonds. The molecule has 0 saturated carbocycles. The van der Waals surface area contributed by atoms with Gasteiger partial charge in [0.25, 0.3) is 12.5 Å². The second-order valence-corrected chi connectivity index (χ2v) is 4.18. The number of aliphatic hydroxyl groups excluding tert-OH is 1. The van der Waals surface area contributed by atoms with E-state index in [0.717, 1.165) is 5.56 Å². The Morgan fingerprint density at radius 3 is 2.53 bits per heavy atom. The van der Waals surface area contributed by atoms with Crippen molar-refractivity contribution in [1.29, 1.82) is 0 Å². The van der Waals surface area contributed by atoms with E-state index in [1.807, 2.05) is 30.3 Å². The average Bonchev–Trinajstić information content (AvgIpc) is 2.39. The molecule has 1 N–H and O–H groups in total. The van der Waals surface area contributed by atoms with Gasteiger partial charge in [-0.1, -0.05) is 30.3 Å². The van der Waals surface area contributed by atoms with E-state index in [-0.39, 0.29) is 6.61 Å². The summed E-state index contributed by atoms with van der Waals surface area (Å²) in [5.41, 5.74) is 1.07. The van der Waals surface area contributed by atoms with Crippen molar-refractivity contribution in [2.24, 2.45) is 0 Å². The minimum absolute atomic E-state index is 0.0341. The van der Waals surface area contributed by atoms with Crippen LogP contribution < -0.4 is 0 Å². The van der Waals surface area contributed by atoms with E-state index in [4.69, 9.17) is 5.11 Å². The van der Waals surface area contributed by atoms with Crippen LogP contribution in [0.25, 0.3) is 0 Å². The molecule has 1 aromatic rings. The van der Waals surface area contributed by atoms with E-state index in [2.05, 4.69) is 0 Å². The molecule has 6 nitrogen and oxygen atoms in total. The minimum atomic E-state index is -0.694. The Labute approximate surface area is 111 Å². The Bertz CT molecular complexity index is 408. The number of benzene rings is 1. The van der Waals surface area contributed by atoms with Crippen LogP contribution in [0.5, 0.6) is 0 Å². The molecule has 104 valence electrons. The highest BCUT2D eigenvalue weighted by Crippen LogP contribution is 2.03. The van der Waals surface area contributed by atoms with Crippen molar-refractivity contribution in [3.8, 4) is 0 Å². The van der Waals surface area contributed by atoms with E-state index in [1.54, 1.807) is 0 Å². The number of hydrogen-bond acceptors (Lipinski definition) is 4. The number of carbonyl (C=O) groups is 1. The first-order valence-corrected chi connectivity index (χ1v) is 6.18. The summed E-state index contributed by atoms with van der Waals surface area (Å²) in [6.07, 6.45) is 1.08. The Kier molecular flexibility index (Phi) is 6.52. The van der Waals surface area contributed by atoms with Crippen LogP contribution in [0.3, 0.4) is 0 Å². The predicted octanol–water partition coefficient (Wildman–Crippen LogP) is 0.717. The molecule has 19 heavy (non-hydrogen) atoms. The van der Waals surface area contributed by atoms with Crippen LogP contribution in [-0.4, -0.2) is 47.1 Å². The molecule has 0 bridgehead atoms. The fourth-order valence-electron chi connectivity index (χ4n) is 1.74. The first kappa shape index (κ1) is 15.1. The number of hydrogen-bond donors (Lipinski definition) is 1. The number of nitrogens with zero attached hydrogens (tertiary/aromatic N) is 2. The predicted molar refractivity (Wildman–Crippen MR) is 70.3 cm³/mol. The van der Waals surface area contributed by atoms with Crippen molar-refractivity contribution in [3.63, 3.8) is 0 Å². The Morgan fingerprint density at radius 2 is 1.95 bits per heavy atom. The molecule has 1 aromatic carbocycles. The third-order valence-corrected chi connectivity index (χ3v) is 2.72. The van der Waals surface area contributed by atoms with Gasteiger partial charge in [0.2, 0.25) is 0 Å². The molecular weight excluding hydrogens is 248 g/mol. The first-order chi connectivity index (χ1) is 9.13. The zero-order valence-electron chi connectivity index (χ0n) is 10.7. The largest absolute Gasteiger partial charge is 0.396 e. The Balaban J connectivity index is 2.53.